The Morgan fingerprint density at radius 2 is 2.08 bits per heavy atom. The molecule has 2 aromatic heterocycles. The standard InChI is InChI=1S/C19H22N4O2/c1-14-22-12-18(23-14)15-4-6-17(7-5-15)25-10-9-21-13-19(24)16-3-2-8-20-11-16/h2-8,11-12,19,21,24H,9-10,13H2,1H3,(H,22,23)/t19-/m0/s1. The first-order valence-electron chi connectivity index (χ1n) is 8.26. The second kappa shape index (κ2) is 8.41. The zero-order valence-corrected chi connectivity index (χ0v) is 14.1. The summed E-state index contributed by atoms with van der Waals surface area (Å²) in [5.74, 6) is 1.71. The lowest BCUT2D eigenvalue weighted by atomic mass is 10.1. The van der Waals surface area contributed by atoms with Crippen LogP contribution in [0.4, 0.5) is 0 Å². The molecule has 0 fully saturated rings. The number of hydrogen-bond acceptors (Lipinski definition) is 5. The third-order valence-corrected chi connectivity index (χ3v) is 3.81. The van der Waals surface area contributed by atoms with E-state index >= 15 is 0 Å². The quantitative estimate of drug-likeness (QED) is 0.550. The average molecular weight is 338 g/mol. The molecular weight excluding hydrogens is 316 g/mol. The zero-order chi connectivity index (χ0) is 17.5. The normalized spacial score (nSPS) is 12.1. The zero-order valence-electron chi connectivity index (χ0n) is 14.1. The number of nitrogens with one attached hydrogen (secondary N) is 2. The summed E-state index contributed by atoms with van der Waals surface area (Å²) >= 11 is 0. The molecule has 0 aliphatic carbocycles. The first-order chi connectivity index (χ1) is 12.2. The molecule has 0 amide bonds. The summed E-state index contributed by atoms with van der Waals surface area (Å²) in [5.41, 5.74) is 2.78. The predicted octanol–water partition coefficient (Wildman–Crippen LogP) is 2.48. The number of aliphatic hydroxyl groups excluding tert-OH is 1. The number of nitrogens with zero attached hydrogens (tertiary/aromatic N) is 2. The highest BCUT2D eigenvalue weighted by molar-refractivity contribution is 5.59. The van der Waals surface area contributed by atoms with Gasteiger partial charge in [0.05, 0.1) is 11.8 Å². The van der Waals surface area contributed by atoms with Crippen molar-refractivity contribution in [1.82, 2.24) is 20.3 Å². The van der Waals surface area contributed by atoms with Gasteiger partial charge in [0, 0.05) is 42.8 Å². The minimum absolute atomic E-state index is 0.465. The van der Waals surface area contributed by atoms with E-state index in [1.165, 1.54) is 0 Å². The van der Waals surface area contributed by atoms with Gasteiger partial charge in [-0.2, -0.15) is 0 Å². The van der Waals surface area contributed by atoms with Crippen molar-refractivity contribution in [1.29, 1.82) is 0 Å². The molecule has 0 aliphatic rings. The number of H-pyrrole nitrogens is 1. The first-order valence-corrected chi connectivity index (χ1v) is 8.26. The van der Waals surface area contributed by atoms with E-state index in [0.717, 1.165) is 28.4 Å². The summed E-state index contributed by atoms with van der Waals surface area (Å²) in [6.45, 7) is 3.57. The number of benzene rings is 1. The number of aryl methyl sites for hydroxylation is 1. The summed E-state index contributed by atoms with van der Waals surface area (Å²) in [7, 11) is 0. The van der Waals surface area contributed by atoms with Crippen LogP contribution in [0.15, 0.2) is 55.0 Å². The second-order valence-corrected chi connectivity index (χ2v) is 5.75. The van der Waals surface area contributed by atoms with E-state index in [4.69, 9.17) is 4.74 Å². The van der Waals surface area contributed by atoms with Crippen molar-refractivity contribution in [2.45, 2.75) is 13.0 Å². The van der Waals surface area contributed by atoms with Gasteiger partial charge >= 0.3 is 0 Å². The van der Waals surface area contributed by atoms with Crippen LogP contribution in [-0.4, -0.2) is 39.8 Å². The van der Waals surface area contributed by atoms with Crippen molar-refractivity contribution in [3.63, 3.8) is 0 Å². The van der Waals surface area contributed by atoms with Crippen molar-refractivity contribution in [2.75, 3.05) is 19.7 Å². The molecule has 0 spiro atoms. The third kappa shape index (κ3) is 4.89. The third-order valence-electron chi connectivity index (χ3n) is 3.81. The van der Waals surface area contributed by atoms with Gasteiger partial charge in [-0.3, -0.25) is 4.98 Å². The molecule has 0 radical (unpaired) electrons. The maximum absolute atomic E-state index is 10.0. The number of aromatic nitrogens is 3. The van der Waals surface area contributed by atoms with Crippen LogP contribution in [0.25, 0.3) is 11.3 Å². The SMILES string of the molecule is Cc1nc(-c2ccc(OCCNC[C@H](O)c3cccnc3)cc2)c[nH]1. The number of rotatable bonds is 8. The van der Waals surface area contributed by atoms with Gasteiger partial charge in [0.2, 0.25) is 0 Å². The van der Waals surface area contributed by atoms with Crippen molar-refractivity contribution in [3.05, 3.63) is 66.4 Å². The highest BCUT2D eigenvalue weighted by Gasteiger charge is 2.06. The molecule has 3 aromatic rings. The Morgan fingerprint density at radius 1 is 1.24 bits per heavy atom. The van der Waals surface area contributed by atoms with Crippen LogP contribution >= 0.6 is 0 Å². The lowest BCUT2D eigenvalue weighted by Crippen LogP contribution is -2.26. The highest BCUT2D eigenvalue weighted by atomic mass is 16.5. The maximum atomic E-state index is 10.0. The van der Waals surface area contributed by atoms with Crippen LogP contribution in [-0.2, 0) is 0 Å². The molecule has 1 aromatic carbocycles. The van der Waals surface area contributed by atoms with Gasteiger partial charge in [-0.1, -0.05) is 6.07 Å². The maximum Gasteiger partial charge on any atom is 0.119 e. The number of aromatic amines is 1. The van der Waals surface area contributed by atoms with Crippen molar-refractivity contribution in [2.24, 2.45) is 0 Å². The number of hydrogen-bond donors (Lipinski definition) is 3. The summed E-state index contributed by atoms with van der Waals surface area (Å²) in [5, 5.41) is 13.2. The minimum atomic E-state index is -0.565. The fourth-order valence-electron chi connectivity index (χ4n) is 2.46. The summed E-state index contributed by atoms with van der Waals surface area (Å²) in [6.07, 6.45) is 4.69. The summed E-state index contributed by atoms with van der Waals surface area (Å²) in [4.78, 5) is 11.5. The molecular formula is C19H22N4O2. The molecule has 2 heterocycles. The average Bonchev–Trinajstić information content (AvgIpc) is 3.09. The first kappa shape index (κ1) is 17.1. The van der Waals surface area contributed by atoms with Gasteiger partial charge in [-0.05, 0) is 37.3 Å². The van der Waals surface area contributed by atoms with Gasteiger partial charge in [0.25, 0.3) is 0 Å². The number of pyridine rings is 1. The molecule has 25 heavy (non-hydrogen) atoms. The van der Waals surface area contributed by atoms with E-state index in [0.29, 0.717) is 19.7 Å². The van der Waals surface area contributed by atoms with Gasteiger partial charge in [0.15, 0.2) is 0 Å². The highest BCUT2D eigenvalue weighted by Crippen LogP contribution is 2.20. The molecule has 0 saturated carbocycles. The Morgan fingerprint density at radius 3 is 2.76 bits per heavy atom. The van der Waals surface area contributed by atoms with E-state index in [-0.39, 0.29) is 0 Å². The Balaban J connectivity index is 1.39. The Hall–Kier alpha value is -2.70. The molecule has 0 bridgehead atoms. The van der Waals surface area contributed by atoms with Crippen molar-refractivity contribution >= 4 is 0 Å². The van der Waals surface area contributed by atoms with E-state index in [1.807, 2.05) is 49.5 Å². The van der Waals surface area contributed by atoms with Crippen LogP contribution in [0.2, 0.25) is 0 Å². The van der Waals surface area contributed by atoms with Gasteiger partial charge in [-0.25, -0.2) is 4.98 Å². The smallest absolute Gasteiger partial charge is 0.119 e. The number of aliphatic hydroxyl groups is 1. The van der Waals surface area contributed by atoms with Gasteiger partial charge < -0.3 is 20.1 Å². The van der Waals surface area contributed by atoms with Crippen LogP contribution in [0, 0.1) is 6.92 Å². The molecule has 0 aliphatic heterocycles. The van der Waals surface area contributed by atoms with Gasteiger partial charge in [-0.15, -0.1) is 0 Å². The molecule has 3 N–H and O–H groups in total. The van der Waals surface area contributed by atoms with Gasteiger partial charge in [0.1, 0.15) is 18.2 Å². The van der Waals surface area contributed by atoms with E-state index in [9.17, 15) is 5.11 Å². The van der Waals surface area contributed by atoms with Crippen LogP contribution in [0.1, 0.15) is 17.5 Å². The topological polar surface area (TPSA) is 83.1 Å². The number of ether oxygens (including phenoxy) is 1. The van der Waals surface area contributed by atoms with E-state index < -0.39 is 6.10 Å². The van der Waals surface area contributed by atoms with Crippen LogP contribution in [0.5, 0.6) is 5.75 Å². The predicted molar refractivity (Wildman–Crippen MR) is 96.3 cm³/mol. The van der Waals surface area contributed by atoms with E-state index in [1.54, 1.807) is 12.4 Å². The fraction of sp³-hybridized carbons (Fsp3) is 0.263. The lowest BCUT2D eigenvalue weighted by Gasteiger charge is -2.12. The molecule has 1 atom stereocenters. The Kier molecular flexibility index (Phi) is 5.77. The lowest BCUT2D eigenvalue weighted by molar-refractivity contribution is 0.171. The minimum Gasteiger partial charge on any atom is -0.492 e. The summed E-state index contributed by atoms with van der Waals surface area (Å²) in [6, 6.07) is 11.5. The molecule has 130 valence electrons. The molecule has 6 nitrogen and oxygen atoms in total. The number of imidazole rings is 1. The summed E-state index contributed by atoms with van der Waals surface area (Å²) < 4.78 is 5.70. The largest absolute Gasteiger partial charge is 0.492 e. The molecule has 3 rings (SSSR count). The molecule has 6 heteroatoms. The fourth-order valence-corrected chi connectivity index (χ4v) is 2.46. The van der Waals surface area contributed by atoms with E-state index in [2.05, 4.69) is 20.3 Å². The Labute approximate surface area is 146 Å². The Bertz CT molecular complexity index is 772. The monoisotopic (exact) mass is 338 g/mol. The van der Waals surface area contributed by atoms with Crippen LogP contribution in [0.3, 0.4) is 0 Å². The van der Waals surface area contributed by atoms with Crippen LogP contribution < -0.4 is 10.1 Å². The van der Waals surface area contributed by atoms with Crippen molar-refractivity contribution < 1.29 is 9.84 Å². The molecule has 0 unspecified atom stereocenters. The van der Waals surface area contributed by atoms with Crippen molar-refractivity contribution in [3.8, 4) is 17.0 Å². The molecule has 0 saturated heterocycles. The second-order valence-electron chi connectivity index (χ2n) is 5.75.